The molecule has 0 aromatic heterocycles. The van der Waals surface area contributed by atoms with Crippen LogP contribution in [-0.4, -0.2) is 30.1 Å². The highest BCUT2D eigenvalue weighted by Crippen LogP contribution is 2.20. The maximum Gasteiger partial charge on any atom is 0.321 e. The van der Waals surface area contributed by atoms with Gasteiger partial charge in [0.05, 0.1) is 5.92 Å². The Morgan fingerprint density at radius 3 is 2.48 bits per heavy atom. The summed E-state index contributed by atoms with van der Waals surface area (Å²) in [5, 5.41) is 5.06. The molecule has 2 aliphatic rings. The van der Waals surface area contributed by atoms with E-state index in [1.807, 2.05) is 12.2 Å². The van der Waals surface area contributed by atoms with E-state index in [4.69, 9.17) is 4.74 Å². The van der Waals surface area contributed by atoms with E-state index in [0.717, 1.165) is 38.5 Å². The summed E-state index contributed by atoms with van der Waals surface area (Å²) in [5.41, 5.74) is 0. The average Bonchev–Trinajstić information content (AvgIpc) is 2.56. The number of esters is 1. The first-order valence-electron chi connectivity index (χ1n) is 8.53. The van der Waals surface area contributed by atoms with Crippen molar-refractivity contribution in [1.29, 1.82) is 0 Å². The quantitative estimate of drug-likeness (QED) is 0.615. The molecule has 0 aliphatic heterocycles. The third kappa shape index (κ3) is 5.69. The van der Waals surface area contributed by atoms with E-state index in [2.05, 4.69) is 10.6 Å². The van der Waals surface area contributed by atoms with Crippen molar-refractivity contribution in [3.05, 3.63) is 12.2 Å². The normalized spacial score (nSPS) is 22.9. The second-order valence-corrected chi connectivity index (χ2v) is 6.36. The number of urea groups is 1. The first kappa shape index (κ1) is 17.5. The van der Waals surface area contributed by atoms with Gasteiger partial charge in [-0.25, -0.2) is 4.79 Å². The summed E-state index contributed by atoms with van der Waals surface area (Å²) >= 11 is 0. The zero-order chi connectivity index (χ0) is 16.7. The Hall–Kier alpha value is -1.85. The molecule has 0 aromatic rings. The molecular weight excluding hydrogens is 296 g/mol. The number of amides is 3. The molecule has 0 saturated heterocycles. The summed E-state index contributed by atoms with van der Waals surface area (Å²) < 4.78 is 5.18. The van der Waals surface area contributed by atoms with Crippen molar-refractivity contribution in [1.82, 2.24) is 10.6 Å². The van der Waals surface area contributed by atoms with Gasteiger partial charge in [-0.1, -0.05) is 31.4 Å². The molecule has 0 aromatic carbocycles. The van der Waals surface area contributed by atoms with Gasteiger partial charge in [0.1, 0.15) is 0 Å². The lowest BCUT2D eigenvalue weighted by molar-refractivity contribution is -0.158. The van der Waals surface area contributed by atoms with Gasteiger partial charge in [0.15, 0.2) is 6.10 Å². The van der Waals surface area contributed by atoms with Crippen molar-refractivity contribution in [3.63, 3.8) is 0 Å². The predicted molar refractivity (Wildman–Crippen MR) is 85.6 cm³/mol. The first-order chi connectivity index (χ1) is 11.1. The van der Waals surface area contributed by atoms with Gasteiger partial charge in [-0.15, -0.1) is 0 Å². The number of allylic oxidation sites excluding steroid dienone is 2. The topological polar surface area (TPSA) is 84.5 Å². The highest BCUT2D eigenvalue weighted by atomic mass is 16.5. The van der Waals surface area contributed by atoms with E-state index in [0.29, 0.717) is 6.42 Å². The van der Waals surface area contributed by atoms with Gasteiger partial charge in [-0.3, -0.25) is 14.9 Å². The van der Waals surface area contributed by atoms with Crippen molar-refractivity contribution in [3.8, 4) is 0 Å². The molecule has 0 bridgehead atoms. The zero-order valence-electron chi connectivity index (χ0n) is 13.7. The smallest absolute Gasteiger partial charge is 0.321 e. The van der Waals surface area contributed by atoms with E-state index in [1.165, 1.54) is 13.3 Å². The molecule has 0 heterocycles. The monoisotopic (exact) mass is 322 g/mol. The van der Waals surface area contributed by atoms with E-state index in [1.54, 1.807) is 0 Å². The fourth-order valence-corrected chi connectivity index (χ4v) is 3.01. The summed E-state index contributed by atoms with van der Waals surface area (Å²) in [7, 11) is 0. The average molecular weight is 322 g/mol. The lowest BCUT2D eigenvalue weighted by atomic mass is 9.95. The third-order valence-corrected chi connectivity index (χ3v) is 4.44. The summed E-state index contributed by atoms with van der Waals surface area (Å²) in [5.74, 6) is -1.14. The van der Waals surface area contributed by atoms with Gasteiger partial charge >= 0.3 is 12.0 Å². The molecule has 128 valence electrons. The Morgan fingerprint density at radius 1 is 1.09 bits per heavy atom. The highest BCUT2D eigenvalue weighted by molar-refractivity contribution is 5.97. The zero-order valence-corrected chi connectivity index (χ0v) is 13.7. The number of rotatable bonds is 4. The van der Waals surface area contributed by atoms with Crippen molar-refractivity contribution in [2.45, 2.75) is 70.4 Å². The van der Waals surface area contributed by atoms with Crippen LogP contribution in [0.4, 0.5) is 4.79 Å². The molecule has 3 amide bonds. The van der Waals surface area contributed by atoms with Crippen LogP contribution in [0.3, 0.4) is 0 Å². The van der Waals surface area contributed by atoms with Crippen LogP contribution in [-0.2, 0) is 14.3 Å². The molecule has 2 N–H and O–H groups in total. The molecule has 2 aliphatic carbocycles. The standard InChI is InChI=1S/C17H26N2O4/c1-12(23-16(21)13-8-4-2-5-9-13)15(20)19-17(22)18-14-10-6-3-7-11-14/h2,4,12-14H,3,5-11H2,1H3,(H2,18,19,20,22)/t12-,13-/m1/s1. The van der Waals surface area contributed by atoms with Crippen LogP contribution in [0, 0.1) is 5.92 Å². The molecule has 1 saturated carbocycles. The van der Waals surface area contributed by atoms with E-state index < -0.39 is 18.0 Å². The minimum Gasteiger partial charge on any atom is -0.452 e. The van der Waals surface area contributed by atoms with Gasteiger partial charge in [0.2, 0.25) is 0 Å². The maximum absolute atomic E-state index is 12.0. The van der Waals surface area contributed by atoms with Crippen LogP contribution < -0.4 is 10.6 Å². The second-order valence-electron chi connectivity index (χ2n) is 6.36. The van der Waals surface area contributed by atoms with Gasteiger partial charge in [-0.05, 0) is 39.0 Å². The molecule has 0 spiro atoms. The Bertz CT molecular complexity index is 469. The number of hydrogen-bond acceptors (Lipinski definition) is 4. The molecule has 23 heavy (non-hydrogen) atoms. The summed E-state index contributed by atoms with van der Waals surface area (Å²) in [6, 6.07) is -0.381. The molecule has 2 atom stereocenters. The Balaban J connectivity index is 1.72. The Labute approximate surface area is 137 Å². The molecule has 0 unspecified atom stereocenters. The highest BCUT2D eigenvalue weighted by Gasteiger charge is 2.26. The predicted octanol–water partition coefficient (Wildman–Crippen LogP) is 2.43. The number of nitrogens with one attached hydrogen (secondary N) is 2. The molecule has 6 nitrogen and oxygen atoms in total. The lowest BCUT2D eigenvalue weighted by Gasteiger charge is -2.23. The van der Waals surface area contributed by atoms with Crippen LogP contribution in [0.25, 0.3) is 0 Å². The number of ether oxygens (including phenoxy) is 1. The fraction of sp³-hybridized carbons (Fsp3) is 0.706. The minimum atomic E-state index is -0.967. The van der Waals surface area contributed by atoms with Crippen LogP contribution in [0.5, 0.6) is 0 Å². The third-order valence-electron chi connectivity index (χ3n) is 4.44. The van der Waals surface area contributed by atoms with Crippen LogP contribution in [0.1, 0.15) is 58.3 Å². The van der Waals surface area contributed by atoms with E-state index in [-0.39, 0.29) is 17.9 Å². The number of imide groups is 1. The summed E-state index contributed by atoms with van der Waals surface area (Å²) in [6.45, 7) is 1.49. The number of hydrogen-bond donors (Lipinski definition) is 2. The maximum atomic E-state index is 12.0. The van der Waals surface area contributed by atoms with Crippen LogP contribution in [0.2, 0.25) is 0 Å². The second kappa shape index (κ2) is 8.70. The minimum absolute atomic E-state index is 0.128. The van der Waals surface area contributed by atoms with Gasteiger partial charge in [0, 0.05) is 6.04 Å². The van der Waals surface area contributed by atoms with Crippen LogP contribution in [0.15, 0.2) is 12.2 Å². The molecular formula is C17H26N2O4. The van der Waals surface area contributed by atoms with Gasteiger partial charge < -0.3 is 10.1 Å². The first-order valence-corrected chi connectivity index (χ1v) is 8.53. The summed E-state index contributed by atoms with van der Waals surface area (Å²) in [6.07, 6.45) is 10.6. The van der Waals surface area contributed by atoms with Gasteiger partial charge in [-0.2, -0.15) is 0 Å². The largest absolute Gasteiger partial charge is 0.452 e. The van der Waals surface area contributed by atoms with Crippen LogP contribution >= 0.6 is 0 Å². The lowest BCUT2D eigenvalue weighted by Crippen LogP contribution is -2.48. The Kier molecular flexibility index (Phi) is 6.62. The molecule has 1 fully saturated rings. The number of carbonyl (C=O) groups is 3. The number of carbonyl (C=O) groups excluding carboxylic acids is 3. The molecule has 6 heteroatoms. The Morgan fingerprint density at radius 2 is 1.83 bits per heavy atom. The SMILES string of the molecule is C[C@@H](OC(=O)[C@@H]1CC=CCC1)C(=O)NC(=O)NC1CCCCC1. The fourth-order valence-electron chi connectivity index (χ4n) is 3.01. The van der Waals surface area contributed by atoms with Crippen molar-refractivity contribution in [2.75, 3.05) is 0 Å². The van der Waals surface area contributed by atoms with E-state index >= 15 is 0 Å². The van der Waals surface area contributed by atoms with Gasteiger partial charge in [0.25, 0.3) is 5.91 Å². The summed E-state index contributed by atoms with van der Waals surface area (Å²) in [4.78, 5) is 35.8. The van der Waals surface area contributed by atoms with Crippen molar-refractivity contribution in [2.24, 2.45) is 5.92 Å². The molecule has 2 rings (SSSR count). The van der Waals surface area contributed by atoms with Crippen molar-refractivity contribution < 1.29 is 19.1 Å². The van der Waals surface area contributed by atoms with E-state index in [9.17, 15) is 14.4 Å². The molecule has 0 radical (unpaired) electrons. The van der Waals surface area contributed by atoms with Crippen molar-refractivity contribution >= 4 is 17.9 Å².